The molecule has 0 amide bonds. The third kappa shape index (κ3) is 9.68. The molecule has 0 aromatic carbocycles. The van der Waals surface area contributed by atoms with Crippen molar-refractivity contribution in [3.05, 3.63) is 0 Å². The maximum atomic E-state index is 2.62. The molecule has 0 atom stereocenters. The van der Waals surface area contributed by atoms with Crippen LogP contribution in [0.25, 0.3) is 0 Å². The zero-order valence-corrected chi connectivity index (χ0v) is 18.6. The molecule has 0 spiro atoms. The zero-order chi connectivity index (χ0) is 15.5. The van der Waals surface area contributed by atoms with Crippen LogP contribution in [0.4, 0.5) is 0 Å². The summed E-state index contributed by atoms with van der Waals surface area (Å²) in [5, 5.41) is 0. The molecule has 3 heteroatoms. The summed E-state index contributed by atoms with van der Waals surface area (Å²) >= 11 is -1.27. The first-order chi connectivity index (χ1) is 9.42. The summed E-state index contributed by atoms with van der Waals surface area (Å²) < 4.78 is 4.26. The summed E-state index contributed by atoms with van der Waals surface area (Å²) in [5.74, 6) is 0. The Morgan fingerprint density at radius 3 is 1.80 bits per heavy atom. The molecule has 120 valence electrons. The van der Waals surface area contributed by atoms with Gasteiger partial charge in [0.25, 0.3) is 0 Å². The second kappa shape index (κ2) is 12.3. The number of nitrogens with zero attached hydrogens (tertiary/aromatic N) is 2. The summed E-state index contributed by atoms with van der Waals surface area (Å²) in [4.78, 5) is 5.08. The first kappa shape index (κ1) is 20.8. The first-order valence-corrected chi connectivity index (χ1v) is 15.4. The van der Waals surface area contributed by atoms with Crippen LogP contribution in [-0.4, -0.2) is 70.5 Å². The van der Waals surface area contributed by atoms with E-state index in [2.05, 4.69) is 58.4 Å². The molecule has 2 nitrogen and oxygen atoms in total. The van der Waals surface area contributed by atoms with E-state index in [1.165, 1.54) is 39.0 Å². The van der Waals surface area contributed by atoms with E-state index in [0.717, 1.165) is 3.67 Å². The Hall–Kier alpha value is 0.790. The van der Waals surface area contributed by atoms with Crippen molar-refractivity contribution in [1.29, 1.82) is 0 Å². The van der Waals surface area contributed by atoms with E-state index >= 15 is 0 Å². The molecule has 0 aromatic rings. The monoisotopic (exact) mass is 386 g/mol. The van der Waals surface area contributed by atoms with Gasteiger partial charge >= 0.3 is 137 Å². The Balaban J connectivity index is 3.96. The number of hydrogen-bond donors (Lipinski definition) is 0. The zero-order valence-electron chi connectivity index (χ0n) is 15.3. The van der Waals surface area contributed by atoms with Gasteiger partial charge in [0.1, 0.15) is 0 Å². The molecule has 0 unspecified atom stereocenters. The van der Waals surface area contributed by atoms with Crippen molar-refractivity contribution in [2.24, 2.45) is 0 Å². The molecule has 0 aliphatic heterocycles. The Morgan fingerprint density at radius 1 is 0.850 bits per heavy atom. The molecule has 0 N–H and O–H groups in total. The van der Waals surface area contributed by atoms with Crippen molar-refractivity contribution in [2.75, 3.05) is 33.2 Å². The quantitative estimate of drug-likeness (QED) is 0.492. The van der Waals surface area contributed by atoms with E-state index in [9.17, 15) is 0 Å². The molecule has 0 rings (SSSR count). The minimum atomic E-state index is -1.27. The molecule has 0 heterocycles. The molecule has 0 radical (unpaired) electrons. The Morgan fingerprint density at radius 2 is 1.40 bits per heavy atom. The van der Waals surface area contributed by atoms with Crippen LogP contribution in [0.3, 0.4) is 0 Å². The average Bonchev–Trinajstić information content (AvgIpc) is 2.40. The maximum absolute atomic E-state index is 2.62. The predicted octanol–water partition coefficient (Wildman–Crippen LogP) is 4.35. The van der Waals surface area contributed by atoms with Crippen LogP contribution >= 0.6 is 0 Å². The van der Waals surface area contributed by atoms with Crippen LogP contribution in [0.1, 0.15) is 54.4 Å². The van der Waals surface area contributed by atoms with Crippen LogP contribution in [-0.2, 0) is 0 Å². The molecule has 0 bridgehead atoms. The normalized spacial score (nSPS) is 12.2. The minimum absolute atomic E-state index is 0.714. The fraction of sp³-hybridized carbons (Fsp3) is 1.00. The van der Waals surface area contributed by atoms with Gasteiger partial charge in [0.2, 0.25) is 0 Å². The van der Waals surface area contributed by atoms with Crippen molar-refractivity contribution >= 4 is 21.4 Å². The molecule has 20 heavy (non-hydrogen) atoms. The van der Waals surface area contributed by atoms with E-state index in [1.807, 2.05) is 0 Å². The van der Waals surface area contributed by atoms with Gasteiger partial charge in [0.15, 0.2) is 0 Å². The summed E-state index contributed by atoms with van der Waals surface area (Å²) in [6.07, 6.45) is 2.90. The van der Waals surface area contributed by atoms with E-state index in [-0.39, 0.29) is 0 Å². The summed E-state index contributed by atoms with van der Waals surface area (Å²) in [7, 11) is 2.25. The topological polar surface area (TPSA) is 6.48 Å². The van der Waals surface area contributed by atoms with Gasteiger partial charge in [-0.1, -0.05) is 0 Å². The Labute approximate surface area is 136 Å². The van der Waals surface area contributed by atoms with Crippen molar-refractivity contribution < 1.29 is 0 Å². The third-order valence-electron chi connectivity index (χ3n) is 4.75. The van der Waals surface area contributed by atoms with Crippen molar-refractivity contribution in [2.45, 2.75) is 72.5 Å². The SMILES string of the molecule is CCN(C)CC[CH2][In]([CH2]CCN(CC)C(C)C)[CH](C)C. The standard InChI is InChI=1S/C8H18N.C6H14N.C3H7.In/c1-5-7-9(6-2)8(3)4;1-4-6-7(3)5-2;1-3-2;/h8H,1,5-7H2,2-4H3;1,4-6H2,2-3H3;3H,1-2H3;. The van der Waals surface area contributed by atoms with E-state index in [4.69, 9.17) is 0 Å². The second-order valence-electron chi connectivity index (χ2n) is 6.91. The van der Waals surface area contributed by atoms with Gasteiger partial charge in [0.05, 0.1) is 0 Å². The van der Waals surface area contributed by atoms with Gasteiger partial charge in [-0.05, 0) is 0 Å². The summed E-state index contributed by atoms with van der Waals surface area (Å²) in [6.45, 7) is 19.2. The van der Waals surface area contributed by atoms with Gasteiger partial charge in [-0.3, -0.25) is 0 Å². The molecule has 0 saturated carbocycles. The van der Waals surface area contributed by atoms with Crippen molar-refractivity contribution in [3.63, 3.8) is 0 Å². The van der Waals surface area contributed by atoms with E-state index < -0.39 is 21.4 Å². The van der Waals surface area contributed by atoms with Gasteiger partial charge < -0.3 is 0 Å². The molecule has 0 saturated heterocycles. The van der Waals surface area contributed by atoms with Crippen LogP contribution in [0, 0.1) is 0 Å². The molecular formula is C17H39InN2. The Kier molecular flexibility index (Phi) is 12.8. The van der Waals surface area contributed by atoms with E-state index in [0.29, 0.717) is 6.04 Å². The predicted molar refractivity (Wildman–Crippen MR) is 95.3 cm³/mol. The number of hydrogen-bond acceptors (Lipinski definition) is 2. The first-order valence-electron chi connectivity index (χ1n) is 8.84. The van der Waals surface area contributed by atoms with Gasteiger partial charge in [0, 0.05) is 0 Å². The van der Waals surface area contributed by atoms with E-state index in [1.54, 1.807) is 8.35 Å². The Bertz CT molecular complexity index is 219. The van der Waals surface area contributed by atoms with Gasteiger partial charge in [-0.25, -0.2) is 0 Å². The summed E-state index contributed by atoms with van der Waals surface area (Å²) in [6, 6.07) is 0.714. The van der Waals surface area contributed by atoms with Crippen LogP contribution in [0.5, 0.6) is 0 Å². The summed E-state index contributed by atoms with van der Waals surface area (Å²) in [5.41, 5.74) is 0. The molecule has 0 aromatic heterocycles. The van der Waals surface area contributed by atoms with Gasteiger partial charge in [-0.2, -0.15) is 0 Å². The van der Waals surface area contributed by atoms with Crippen molar-refractivity contribution in [1.82, 2.24) is 9.80 Å². The van der Waals surface area contributed by atoms with Crippen LogP contribution < -0.4 is 0 Å². The third-order valence-corrected chi connectivity index (χ3v) is 16.7. The van der Waals surface area contributed by atoms with Crippen LogP contribution in [0.2, 0.25) is 12.0 Å². The molecular weight excluding hydrogens is 347 g/mol. The molecule has 0 aliphatic carbocycles. The molecule has 0 aliphatic rings. The fourth-order valence-electron chi connectivity index (χ4n) is 2.93. The number of rotatable bonds is 12. The average molecular weight is 386 g/mol. The fourth-order valence-corrected chi connectivity index (χ4v) is 11.6. The second-order valence-corrected chi connectivity index (χ2v) is 18.3. The van der Waals surface area contributed by atoms with Crippen molar-refractivity contribution in [3.8, 4) is 0 Å². The van der Waals surface area contributed by atoms with Gasteiger partial charge in [-0.15, -0.1) is 0 Å². The van der Waals surface area contributed by atoms with Crippen LogP contribution in [0.15, 0.2) is 0 Å². The molecule has 0 fully saturated rings.